The van der Waals surface area contributed by atoms with Gasteiger partial charge in [0.05, 0.1) is 30.5 Å². The Hall–Kier alpha value is -5.37. The van der Waals surface area contributed by atoms with Crippen LogP contribution in [0.1, 0.15) is 79.8 Å². The fraction of sp³-hybridized carbons (Fsp3) is 0.479. The third-order valence-corrected chi connectivity index (χ3v) is 12.1. The number of hydrogen-bond donors (Lipinski definition) is 2. The van der Waals surface area contributed by atoms with Crippen LogP contribution >= 0.6 is 0 Å². The number of oxime groups is 1. The van der Waals surface area contributed by atoms with Crippen molar-refractivity contribution >= 4 is 11.8 Å². The molecule has 2 aliphatic heterocycles. The Bertz CT molecular complexity index is 2070. The van der Waals surface area contributed by atoms with Gasteiger partial charge in [0.2, 0.25) is 12.6 Å². The number of ether oxygens (including phenoxy) is 6. The van der Waals surface area contributed by atoms with Gasteiger partial charge in [-0.3, -0.25) is 9.88 Å². The molecule has 6 atom stereocenters. The second-order valence-electron chi connectivity index (χ2n) is 16.0. The van der Waals surface area contributed by atoms with Crippen LogP contribution in [0.5, 0.6) is 23.0 Å². The minimum Gasteiger partial charge on any atom is -0.487 e. The lowest BCUT2D eigenvalue weighted by atomic mass is 9.55. The fourth-order valence-corrected chi connectivity index (χ4v) is 9.54. The number of aliphatic hydroxyl groups is 2. The number of allylic oxidation sites excluding steroid dienone is 1. The quantitative estimate of drug-likeness (QED) is 0.0608. The minimum absolute atomic E-state index is 0.0476. The number of pyridine rings is 1. The summed E-state index contributed by atoms with van der Waals surface area (Å²) >= 11 is 0. The van der Waals surface area contributed by atoms with E-state index in [0.29, 0.717) is 48.0 Å². The lowest BCUT2D eigenvalue weighted by Crippen LogP contribution is -2.70. The summed E-state index contributed by atoms with van der Waals surface area (Å²) in [6.07, 6.45) is 10.5. The maximum absolute atomic E-state index is 14.6. The van der Waals surface area contributed by atoms with Crippen LogP contribution in [-0.2, 0) is 27.5 Å². The lowest BCUT2D eigenvalue weighted by molar-refractivity contribution is -0.256. The Kier molecular flexibility index (Phi) is 14.7. The van der Waals surface area contributed by atoms with E-state index in [9.17, 15) is 15.0 Å². The highest BCUT2D eigenvalue weighted by Crippen LogP contribution is 2.62. The molecule has 4 aliphatic rings. The van der Waals surface area contributed by atoms with Crippen molar-refractivity contribution in [3.63, 3.8) is 0 Å². The number of unbranched alkanes of at least 4 members (excludes halogenated alkanes) is 2. The molecule has 2 aliphatic carbocycles. The first-order valence-corrected chi connectivity index (χ1v) is 21.4. The Balaban J connectivity index is 1.41. The van der Waals surface area contributed by atoms with Gasteiger partial charge in [-0.1, -0.05) is 48.4 Å². The Morgan fingerprint density at radius 2 is 1.80 bits per heavy atom. The molecule has 1 fully saturated rings. The summed E-state index contributed by atoms with van der Waals surface area (Å²) in [5.74, 6) is 0.468. The third kappa shape index (κ3) is 9.59. The van der Waals surface area contributed by atoms with Gasteiger partial charge in [-0.05, 0) is 104 Å². The van der Waals surface area contributed by atoms with Crippen molar-refractivity contribution in [2.45, 2.75) is 89.2 Å². The fourth-order valence-electron chi connectivity index (χ4n) is 9.54. The van der Waals surface area contributed by atoms with E-state index in [1.54, 1.807) is 17.1 Å². The van der Waals surface area contributed by atoms with Gasteiger partial charge in [0.1, 0.15) is 31.3 Å². The highest BCUT2D eigenvalue weighted by molar-refractivity contribution is 6.03. The molecule has 2 aromatic carbocycles. The maximum atomic E-state index is 14.6. The van der Waals surface area contributed by atoms with Crippen LogP contribution in [0.15, 0.2) is 96.7 Å². The Morgan fingerprint density at radius 1 is 1.00 bits per heavy atom. The molecule has 13 nitrogen and oxygen atoms in total. The first kappa shape index (κ1) is 43.7. The number of hydrogen-bond acceptors (Lipinski definition) is 12. The van der Waals surface area contributed by atoms with Gasteiger partial charge in [-0.2, -0.15) is 0 Å². The molecule has 3 aromatic rings. The van der Waals surface area contributed by atoms with Crippen molar-refractivity contribution in [1.82, 2.24) is 9.88 Å². The predicted octanol–water partition coefficient (Wildman–Crippen LogP) is 8.18. The molecule has 13 heteroatoms. The van der Waals surface area contributed by atoms with Crippen LogP contribution in [-0.4, -0.2) is 84.1 Å². The molecule has 0 spiro atoms. The molecule has 0 saturated heterocycles. The van der Waals surface area contributed by atoms with E-state index in [2.05, 4.69) is 35.4 Å². The molecule has 1 saturated carbocycles. The van der Waals surface area contributed by atoms with Gasteiger partial charge >= 0.3 is 6.09 Å². The van der Waals surface area contributed by atoms with Crippen LogP contribution in [0, 0.1) is 24.7 Å². The van der Waals surface area contributed by atoms with Crippen molar-refractivity contribution in [2.24, 2.45) is 22.9 Å². The molecule has 326 valence electrons. The SMILES string of the molecule is C=CCCOC(=O)N(Cc1ccc2c(c1)OCO2)C1CC(=NOC)C2=CC(CCCCO)C(CCCCO)C3c4cc(OCc5cccc(C)n5)ccc4OC1(OCC=C)C23. The molecule has 61 heavy (non-hydrogen) atoms. The highest BCUT2D eigenvalue weighted by Gasteiger charge is 2.65. The smallest absolute Gasteiger partial charge is 0.410 e. The first-order chi connectivity index (χ1) is 29.8. The number of rotatable bonds is 21. The standard InChI is InChI=1S/C48H59N3O10/c1-5-7-24-56-47(54)51(29-33-17-19-42-43(25-33)59-31-58-42)44-28-40(50-55-4)38-26-34(14-8-10-21-52)37(16-9-11-22-53)45-39-27-36(57-30-35-15-12-13-32(3)49-35)18-20-41(39)61-48(44,46(38)45)60-23-6-2/h5-6,12-13,15,17-20,25-27,34,37,44-46,52-53H,1-2,7-11,14,16,21-24,28-31H2,3-4H3. The number of carbonyl (C=O) groups excluding carboxylic acids is 1. The maximum Gasteiger partial charge on any atom is 0.410 e. The molecule has 1 amide bonds. The highest BCUT2D eigenvalue weighted by atomic mass is 16.7. The third-order valence-electron chi connectivity index (χ3n) is 12.1. The predicted molar refractivity (Wildman–Crippen MR) is 230 cm³/mol. The lowest BCUT2D eigenvalue weighted by Gasteiger charge is -2.59. The minimum atomic E-state index is -1.46. The Labute approximate surface area is 358 Å². The molecule has 0 radical (unpaired) electrons. The molecule has 2 N–H and O–H groups in total. The molecule has 6 unspecified atom stereocenters. The number of aliphatic hydroxyl groups excluding tert-OH is 2. The van der Waals surface area contributed by atoms with E-state index in [1.807, 2.05) is 55.5 Å². The second kappa shape index (κ2) is 20.5. The van der Waals surface area contributed by atoms with Crippen LogP contribution < -0.4 is 18.9 Å². The van der Waals surface area contributed by atoms with E-state index in [-0.39, 0.29) is 70.5 Å². The molecule has 7 rings (SSSR count). The van der Waals surface area contributed by atoms with Crippen LogP contribution in [0.2, 0.25) is 0 Å². The van der Waals surface area contributed by atoms with E-state index < -0.39 is 23.8 Å². The van der Waals surface area contributed by atoms with Crippen LogP contribution in [0.25, 0.3) is 0 Å². The normalized spacial score (nSPS) is 23.8. The largest absolute Gasteiger partial charge is 0.487 e. The van der Waals surface area contributed by atoms with Gasteiger partial charge in [-0.15, -0.1) is 13.2 Å². The van der Waals surface area contributed by atoms with E-state index >= 15 is 0 Å². The summed E-state index contributed by atoms with van der Waals surface area (Å²) in [4.78, 5) is 26.6. The summed E-state index contributed by atoms with van der Waals surface area (Å²) in [6, 6.07) is 16.6. The number of fused-ring (bicyclic) bond motifs is 3. The second-order valence-corrected chi connectivity index (χ2v) is 16.0. The average molecular weight is 838 g/mol. The molecule has 1 aromatic heterocycles. The van der Waals surface area contributed by atoms with Gasteiger partial charge in [-0.25, -0.2) is 4.79 Å². The summed E-state index contributed by atoms with van der Waals surface area (Å²) in [7, 11) is 1.53. The number of aryl methyl sites for hydroxylation is 1. The number of benzene rings is 2. The number of nitrogens with zero attached hydrogens (tertiary/aromatic N) is 3. The van der Waals surface area contributed by atoms with Crippen LogP contribution in [0.4, 0.5) is 4.79 Å². The topological polar surface area (TPSA) is 151 Å². The first-order valence-electron chi connectivity index (χ1n) is 21.4. The van der Waals surface area contributed by atoms with Gasteiger partial charge in [0.15, 0.2) is 11.5 Å². The average Bonchev–Trinajstić information content (AvgIpc) is 3.74. The molecular formula is C48H59N3O10. The summed E-state index contributed by atoms with van der Waals surface area (Å²) in [6.45, 7) is 10.8. The van der Waals surface area contributed by atoms with Crippen molar-refractivity contribution < 1.29 is 48.3 Å². The monoisotopic (exact) mass is 837 g/mol. The summed E-state index contributed by atoms with van der Waals surface area (Å²) < 4.78 is 38.2. The van der Waals surface area contributed by atoms with Gasteiger partial charge < -0.3 is 43.5 Å². The van der Waals surface area contributed by atoms with Gasteiger partial charge in [0, 0.05) is 43.4 Å². The van der Waals surface area contributed by atoms with Crippen molar-refractivity contribution in [3.05, 3.63) is 114 Å². The number of amides is 1. The van der Waals surface area contributed by atoms with E-state index in [4.69, 9.17) is 33.3 Å². The summed E-state index contributed by atoms with van der Waals surface area (Å²) in [5.41, 5.74) is 5.09. The van der Waals surface area contributed by atoms with Crippen molar-refractivity contribution in [3.8, 4) is 23.0 Å². The number of carbonyl (C=O) groups is 1. The van der Waals surface area contributed by atoms with Crippen molar-refractivity contribution in [1.29, 1.82) is 0 Å². The zero-order valence-corrected chi connectivity index (χ0v) is 35.3. The van der Waals surface area contributed by atoms with E-state index in [1.165, 1.54) is 7.11 Å². The van der Waals surface area contributed by atoms with Crippen molar-refractivity contribution in [2.75, 3.05) is 40.3 Å². The summed E-state index contributed by atoms with van der Waals surface area (Å²) in [5, 5.41) is 24.5. The molecule has 3 heterocycles. The number of aromatic nitrogens is 1. The zero-order chi connectivity index (χ0) is 42.8. The zero-order valence-electron chi connectivity index (χ0n) is 35.3. The van der Waals surface area contributed by atoms with Gasteiger partial charge in [0.25, 0.3) is 0 Å². The molecular weight excluding hydrogens is 779 g/mol. The van der Waals surface area contributed by atoms with E-state index in [0.717, 1.165) is 53.8 Å². The van der Waals surface area contributed by atoms with Crippen LogP contribution in [0.3, 0.4) is 0 Å². The Morgan fingerprint density at radius 3 is 2.57 bits per heavy atom. The molecule has 0 bridgehead atoms.